The van der Waals surface area contributed by atoms with Crippen LogP contribution >= 0.6 is 11.8 Å². The van der Waals surface area contributed by atoms with Crippen molar-refractivity contribution < 1.29 is 8.78 Å². The summed E-state index contributed by atoms with van der Waals surface area (Å²) in [6.45, 7) is 0. The van der Waals surface area contributed by atoms with E-state index in [-0.39, 0.29) is 16.9 Å². The maximum atomic E-state index is 13.1. The van der Waals surface area contributed by atoms with E-state index in [0.29, 0.717) is 0 Å². The van der Waals surface area contributed by atoms with Gasteiger partial charge in [-0.05, 0) is 12.3 Å². The summed E-state index contributed by atoms with van der Waals surface area (Å²) in [5.74, 6) is -1.77. The number of thioether (sulfide) groups is 1. The molecule has 0 radical (unpaired) electrons. The zero-order valence-corrected chi connectivity index (χ0v) is 7.79. The predicted molar refractivity (Wildman–Crippen MR) is 47.5 cm³/mol. The fourth-order valence-corrected chi connectivity index (χ4v) is 1.42. The van der Waals surface area contributed by atoms with Crippen LogP contribution in [0.5, 0.6) is 0 Å². The minimum Gasteiger partial charge on any atom is -0.203 e. The Morgan fingerprint density at radius 3 is 2.62 bits per heavy atom. The second-order valence-electron chi connectivity index (χ2n) is 2.39. The molecule has 0 aliphatic heterocycles. The van der Waals surface area contributed by atoms with Crippen molar-refractivity contribution in [3.8, 4) is 6.07 Å². The van der Waals surface area contributed by atoms with Crippen LogP contribution in [0.1, 0.15) is 5.56 Å². The third kappa shape index (κ3) is 1.99. The number of halogens is 2. The summed E-state index contributed by atoms with van der Waals surface area (Å²) in [7, 11) is 0. The van der Waals surface area contributed by atoms with E-state index in [9.17, 15) is 8.78 Å². The first kappa shape index (κ1) is 10.0. The summed E-state index contributed by atoms with van der Waals surface area (Å²) in [5, 5.41) is 8.32. The van der Waals surface area contributed by atoms with E-state index < -0.39 is 11.6 Å². The van der Waals surface area contributed by atoms with Gasteiger partial charge in [0, 0.05) is 10.5 Å². The summed E-state index contributed by atoms with van der Waals surface area (Å²) in [4.78, 5) is 0.263. The van der Waals surface area contributed by atoms with Crippen molar-refractivity contribution in [2.45, 2.75) is 11.3 Å². The maximum absolute atomic E-state index is 13.1. The van der Waals surface area contributed by atoms with Gasteiger partial charge in [0.1, 0.15) is 0 Å². The van der Waals surface area contributed by atoms with Crippen molar-refractivity contribution in [1.29, 1.82) is 5.26 Å². The Morgan fingerprint density at radius 1 is 1.38 bits per heavy atom. The molecule has 0 unspecified atom stereocenters. The summed E-state index contributed by atoms with van der Waals surface area (Å²) in [5.41, 5.74) is 0.109. The van der Waals surface area contributed by atoms with Crippen molar-refractivity contribution in [2.24, 2.45) is 0 Å². The van der Waals surface area contributed by atoms with Gasteiger partial charge in [0.05, 0.1) is 12.5 Å². The first-order valence-corrected chi connectivity index (χ1v) is 4.81. The van der Waals surface area contributed by atoms with Crippen molar-refractivity contribution >= 4 is 11.8 Å². The van der Waals surface area contributed by atoms with Crippen LogP contribution < -0.4 is 0 Å². The Morgan fingerprint density at radius 2 is 2.08 bits per heavy atom. The highest BCUT2D eigenvalue weighted by atomic mass is 32.2. The van der Waals surface area contributed by atoms with Gasteiger partial charge in [-0.15, -0.1) is 11.8 Å². The van der Waals surface area contributed by atoms with Crippen LogP contribution in [0, 0.1) is 23.0 Å². The quantitative estimate of drug-likeness (QED) is 0.684. The van der Waals surface area contributed by atoms with Gasteiger partial charge in [0.2, 0.25) is 0 Å². The molecule has 1 rings (SSSR count). The number of hydrogen-bond acceptors (Lipinski definition) is 2. The Kier molecular flexibility index (Phi) is 3.26. The molecule has 68 valence electrons. The average Bonchev–Trinajstić information content (AvgIpc) is 2.14. The molecule has 0 bridgehead atoms. The van der Waals surface area contributed by atoms with Crippen LogP contribution in [0.15, 0.2) is 17.0 Å². The van der Waals surface area contributed by atoms with E-state index in [1.807, 2.05) is 0 Å². The molecule has 0 N–H and O–H groups in total. The Bertz CT molecular complexity index is 357. The lowest BCUT2D eigenvalue weighted by molar-refractivity contribution is 0.485. The lowest BCUT2D eigenvalue weighted by Crippen LogP contribution is -1.94. The van der Waals surface area contributed by atoms with E-state index >= 15 is 0 Å². The normalized spacial score (nSPS) is 9.69. The second-order valence-corrected chi connectivity index (χ2v) is 3.24. The zero-order valence-electron chi connectivity index (χ0n) is 6.97. The van der Waals surface area contributed by atoms with Gasteiger partial charge in [-0.3, -0.25) is 0 Å². The molecule has 0 aromatic heterocycles. The van der Waals surface area contributed by atoms with Crippen molar-refractivity contribution in [1.82, 2.24) is 0 Å². The van der Waals surface area contributed by atoms with E-state index in [2.05, 4.69) is 0 Å². The fraction of sp³-hybridized carbons (Fsp3) is 0.222. The van der Waals surface area contributed by atoms with Crippen LogP contribution in [0.3, 0.4) is 0 Å². The molecule has 0 spiro atoms. The molecule has 1 aromatic carbocycles. The molecule has 0 saturated heterocycles. The maximum Gasteiger partial charge on any atom is 0.172 e. The third-order valence-electron chi connectivity index (χ3n) is 1.62. The monoisotopic (exact) mass is 199 g/mol. The van der Waals surface area contributed by atoms with Crippen LogP contribution in [0.25, 0.3) is 0 Å². The Hall–Kier alpha value is -1.08. The van der Waals surface area contributed by atoms with Gasteiger partial charge < -0.3 is 0 Å². The summed E-state index contributed by atoms with van der Waals surface area (Å²) < 4.78 is 26.2. The number of nitrogens with zero attached hydrogens (tertiary/aromatic N) is 1. The Labute approximate surface area is 79.4 Å². The van der Waals surface area contributed by atoms with Crippen LogP contribution in [0.2, 0.25) is 0 Å². The standard InChI is InChI=1S/C9H7F2NS/c1-13-7-3-2-6(4-5-12)8(10)9(7)11/h2-3H,4H2,1H3. The second kappa shape index (κ2) is 4.24. The molecule has 0 aliphatic rings. The highest BCUT2D eigenvalue weighted by Crippen LogP contribution is 2.23. The topological polar surface area (TPSA) is 23.8 Å². The lowest BCUT2D eigenvalue weighted by Gasteiger charge is -2.03. The SMILES string of the molecule is CSc1ccc(CC#N)c(F)c1F. The van der Waals surface area contributed by atoms with Crippen molar-refractivity contribution in [3.63, 3.8) is 0 Å². The molecule has 0 heterocycles. The van der Waals surface area contributed by atoms with Gasteiger partial charge in [-0.2, -0.15) is 5.26 Å². The summed E-state index contributed by atoms with van der Waals surface area (Å²) in [6, 6.07) is 4.70. The lowest BCUT2D eigenvalue weighted by atomic mass is 10.1. The van der Waals surface area contributed by atoms with Crippen LogP contribution in [-0.2, 0) is 6.42 Å². The molecule has 4 heteroatoms. The van der Waals surface area contributed by atoms with E-state index in [4.69, 9.17) is 5.26 Å². The fourth-order valence-electron chi connectivity index (χ4n) is 0.951. The van der Waals surface area contributed by atoms with Gasteiger partial charge in [-0.1, -0.05) is 6.07 Å². The molecule has 0 amide bonds. The first-order valence-electron chi connectivity index (χ1n) is 3.58. The largest absolute Gasteiger partial charge is 0.203 e. The van der Waals surface area contributed by atoms with Crippen molar-refractivity contribution in [2.75, 3.05) is 6.26 Å². The molecular formula is C9H7F2NS. The van der Waals surface area contributed by atoms with Crippen LogP contribution in [0.4, 0.5) is 8.78 Å². The van der Waals surface area contributed by atoms with Gasteiger partial charge in [0.15, 0.2) is 11.6 Å². The molecule has 0 atom stereocenters. The molecular weight excluding hydrogens is 192 g/mol. The average molecular weight is 199 g/mol. The highest BCUT2D eigenvalue weighted by Gasteiger charge is 2.11. The van der Waals surface area contributed by atoms with E-state index in [1.54, 1.807) is 12.3 Å². The summed E-state index contributed by atoms with van der Waals surface area (Å²) in [6.07, 6.45) is 1.57. The molecule has 13 heavy (non-hydrogen) atoms. The molecule has 0 saturated carbocycles. The zero-order chi connectivity index (χ0) is 9.84. The predicted octanol–water partition coefficient (Wildman–Crippen LogP) is 2.75. The number of benzene rings is 1. The number of nitriles is 1. The molecule has 1 nitrogen and oxygen atoms in total. The van der Waals surface area contributed by atoms with Gasteiger partial charge in [-0.25, -0.2) is 8.78 Å². The van der Waals surface area contributed by atoms with Gasteiger partial charge in [0.25, 0.3) is 0 Å². The van der Waals surface area contributed by atoms with E-state index in [1.165, 1.54) is 12.1 Å². The van der Waals surface area contributed by atoms with Crippen molar-refractivity contribution in [3.05, 3.63) is 29.3 Å². The van der Waals surface area contributed by atoms with E-state index in [0.717, 1.165) is 11.8 Å². The summed E-state index contributed by atoms with van der Waals surface area (Å²) >= 11 is 1.14. The number of hydrogen-bond donors (Lipinski definition) is 0. The molecule has 0 fully saturated rings. The molecule has 0 aliphatic carbocycles. The smallest absolute Gasteiger partial charge is 0.172 e. The first-order chi connectivity index (χ1) is 6.20. The van der Waals surface area contributed by atoms with Gasteiger partial charge >= 0.3 is 0 Å². The highest BCUT2D eigenvalue weighted by molar-refractivity contribution is 7.98. The third-order valence-corrected chi connectivity index (χ3v) is 2.37. The number of rotatable bonds is 2. The Balaban J connectivity index is 3.17. The minimum absolute atomic E-state index is 0.0998. The minimum atomic E-state index is -0.909. The van der Waals surface area contributed by atoms with Crippen LogP contribution in [-0.4, -0.2) is 6.26 Å². The molecule has 1 aromatic rings.